The molecule has 1 atom stereocenters. The van der Waals surface area contributed by atoms with Gasteiger partial charge in [-0.15, -0.1) is 0 Å². The molecule has 0 bridgehead atoms. The third-order valence-electron chi connectivity index (χ3n) is 4.20. The minimum absolute atomic E-state index is 0.0540. The summed E-state index contributed by atoms with van der Waals surface area (Å²) in [4.78, 5) is 26.5. The maximum atomic E-state index is 12.8. The molecule has 1 aromatic rings. The number of hydrogen-bond donors (Lipinski definition) is 2. The first-order valence-corrected chi connectivity index (χ1v) is 8.34. The number of carbonyl (C=O) groups is 2. The summed E-state index contributed by atoms with van der Waals surface area (Å²) in [5, 5.41) is 3.13. The number of nitrogens with one attached hydrogen (secondary N) is 1. The molecule has 0 aromatic heterocycles. The molecular weight excluding hydrogens is 334 g/mol. The number of nitrogens with two attached hydrogens (primary N) is 1. The molecule has 130 valence electrons. The molecular formula is C16H20ClN3O4. The van der Waals surface area contributed by atoms with Gasteiger partial charge in [0.15, 0.2) is 11.5 Å². The summed E-state index contributed by atoms with van der Waals surface area (Å²) in [5.74, 6) is 0.512. The van der Waals surface area contributed by atoms with E-state index in [1.165, 1.54) is 0 Å². The van der Waals surface area contributed by atoms with Gasteiger partial charge in [-0.25, -0.2) is 0 Å². The van der Waals surface area contributed by atoms with Crippen molar-refractivity contribution in [3.8, 4) is 11.5 Å². The van der Waals surface area contributed by atoms with Crippen LogP contribution in [-0.4, -0.2) is 49.7 Å². The first-order chi connectivity index (χ1) is 11.6. The van der Waals surface area contributed by atoms with Gasteiger partial charge in [0.2, 0.25) is 12.7 Å². The lowest BCUT2D eigenvalue weighted by Gasteiger charge is -2.32. The molecule has 0 radical (unpaired) electrons. The predicted octanol–water partition coefficient (Wildman–Crippen LogP) is 0.996. The van der Waals surface area contributed by atoms with Gasteiger partial charge >= 0.3 is 0 Å². The lowest BCUT2D eigenvalue weighted by Crippen LogP contribution is -2.46. The molecule has 24 heavy (non-hydrogen) atoms. The van der Waals surface area contributed by atoms with Crippen molar-refractivity contribution in [3.05, 3.63) is 22.7 Å². The third-order valence-corrected chi connectivity index (χ3v) is 4.48. The number of carbonyl (C=O) groups excluding carboxylic acids is 2. The molecule has 8 heteroatoms. The van der Waals surface area contributed by atoms with Crippen LogP contribution in [0.15, 0.2) is 12.1 Å². The van der Waals surface area contributed by atoms with Crippen LogP contribution in [0.25, 0.3) is 0 Å². The number of rotatable bonds is 4. The van der Waals surface area contributed by atoms with Gasteiger partial charge in [0.05, 0.1) is 10.9 Å². The second kappa shape index (κ2) is 7.27. The molecule has 2 aliphatic heterocycles. The first-order valence-electron chi connectivity index (χ1n) is 7.96. The van der Waals surface area contributed by atoms with Crippen LogP contribution >= 0.6 is 11.6 Å². The molecule has 3 N–H and O–H groups in total. The SMILES string of the molecule is NCCNC(=O)C1CCCN(C(=O)c2cc(Cl)c3c(c2)OCO3)C1. The summed E-state index contributed by atoms with van der Waals surface area (Å²) in [6.07, 6.45) is 1.55. The molecule has 1 aromatic carbocycles. The van der Waals surface area contributed by atoms with Crippen LogP contribution in [-0.2, 0) is 4.79 Å². The Balaban J connectivity index is 1.71. The molecule has 2 heterocycles. The van der Waals surface area contributed by atoms with Crippen LogP contribution < -0.4 is 20.5 Å². The Hall–Kier alpha value is -1.99. The van der Waals surface area contributed by atoms with Crippen molar-refractivity contribution in [2.24, 2.45) is 11.7 Å². The van der Waals surface area contributed by atoms with E-state index < -0.39 is 0 Å². The Bertz CT molecular complexity index is 652. The number of fused-ring (bicyclic) bond motifs is 1. The maximum absolute atomic E-state index is 12.8. The smallest absolute Gasteiger partial charge is 0.254 e. The van der Waals surface area contributed by atoms with E-state index in [2.05, 4.69) is 5.32 Å². The van der Waals surface area contributed by atoms with Crippen LogP contribution in [0, 0.1) is 5.92 Å². The van der Waals surface area contributed by atoms with E-state index in [9.17, 15) is 9.59 Å². The molecule has 2 aliphatic rings. The molecule has 3 rings (SSSR count). The minimum atomic E-state index is -0.210. The number of benzene rings is 1. The van der Waals surface area contributed by atoms with Gasteiger partial charge in [-0.05, 0) is 25.0 Å². The summed E-state index contributed by atoms with van der Waals surface area (Å²) in [5.41, 5.74) is 5.84. The van der Waals surface area contributed by atoms with E-state index >= 15 is 0 Å². The van der Waals surface area contributed by atoms with Gasteiger partial charge in [0.1, 0.15) is 0 Å². The number of nitrogens with zero attached hydrogens (tertiary/aromatic N) is 1. The molecule has 0 aliphatic carbocycles. The van der Waals surface area contributed by atoms with Gasteiger partial charge in [-0.3, -0.25) is 9.59 Å². The van der Waals surface area contributed by atoms with E-state index in [0.717, 1.165) is 12.8 Å². The highest BCUT2D eigenvalue weighted by atomic mass is 35.5. The lowest BCUT2D eigenvalue weighted by atomic mass is 9.96. The van der Waals surface area contributed by atoms with Crippen molar-refractivity contribution in [2.75, 3.05) is 33.0 Å². The zero-order valence-corrected chi connectivity index (χ0v) is 14.0. The summed E-state index contributed by atoms with van der Waals surface area (Å²) >= 11 is 6.14. The van der Waals surface area contributed by atoms with Gasteiger partial charge < -0.3 is 25.4 Å². The van der Waals surface area contributed by atoms with E-state index in [1.54, 1.807) is 17.0 Å². The topological polar surface area (TPSA) is 93.9 Å². The molecule has 0 saturated carbocycles. The Morgan fingerprint density at radius 1 is 1.38 bits per heavy atom. The standard InChI is InChI=1S/C16H20ClN3O4/c17-12-6-11(7-13-14(12)24-9-23-13)16(22)20-5-1-2-10(8-20)15(21)19-4-3-18/h6-7,10H,1-5,8-9,18H2,(H,19,21). The Morgan fingerprint density at radius 3 is 3.00 bits per heavy atom. The molecule has 0 spiro atoms. The fourth-order valence-corrected chi connectivity index (χ4v) is 3.25. The van der Waals surface area contributed by atoms with Gasteiger partial charge in [-0.2, -0.15) is 0 Å². The van der Waals surface area contributed by atoms with Crippen molar-refractivity contribution in [1.29, 1.82) is 0 Å². The zero-order chi connectivity index (χ0) is 17.1. The van der Waals surface area contributed by atoms with E-state index in [4.69, 9.17) is 26.8 Å². The van der Waals surface area contributed by atoms with Gasteiger partial charge in [0, 0.05) is 31.7 Å². The summed E-state index contributed by atoms with van der Waals surface area (Å²) in [6.45, 7) is 1.95. The lowest BCUT2D eigenvalue weighted by molar-refractivity contribution is -0.126. The number of hydrogen-bond acceptors (Lipinski definition) is 5. The highest BCUT2D eigenvalue weighted by molar-refractivity contribution is 6.32. The number of piperidine rings is 1. The average molecular weight is 354 g/mol. The molecule has 2 amide bonds. The summed E-state index contributed by atoms with van der Waals surface area (Å²) in [6, 6.07) is 3.21. The number of amides is 2. The monoisotopic (exact) mass is 353 g/mol. The highest BCUT2D eigenvalue weighted by Gasteiger charge is 2.30. The Morgan fingerprint density at radius 2 is 2.21 bits per heavy atom. The quantitative estimate of drug-likeness (QED) is 0.842. The van der Waals surface area contributed by atoms with Crippen molar-refractivity contribution in [1.82, 2.24) is 10.2 Å². The first kappa shape index (κ1) is 16.9. The Labute approximate surface area is 145 Å². The van der Waals surface area contributed by atoms with Crippen LogP contribution in [0.3, 0.4) is 0 Å². The average Bonchev–Trinajstić information content (AvgIpc) is 3.08. The van der Waals surface area contributed by atoms with Crippen LogP contribution in [0.5, 0.6) is 11.5 Å². The number of ether oxygens (including phenoxy) is 2. The minimum Gasteiger partial charge on any atom is -0.454 e. The fourth-order valence-electron chi connectivity index (χ4n) is 2.99. The van der Waals surface area contributed by atoms with E-state index in [1.807, 2.05) is 0 Å². The highest BCUT2D eigenvalue weighted by Crippen LogP contribution is 2.40. The zero-order valence-electron chi connectivity index (χ0n) is 13.2. The predicted molar refractivity (Wildman–Crippen MR) is 88.3 cm³/mol. The largest absolute Gasteiger partial charge is 0.454 e. The maximum Gasteiger partial charge on any atom is 0.254 e. The third kappa shape index (κ3) is 3.42. The van der Waals surface area contributed by atoms with Crippen LogP contribution in [0.1, 0.15) is 23.2 Å². The van der Waals surface area contributed by atoms with Gasteiger partial charge in [-0.1, -0.05) is 11.6 Å². The van der Waals surface area contributed by atoms with Crippen LogP contribution in [0.4, 0.5) is 0 Å². The molecule has 1 unspecified atom stereocenters. The number of likely N-dealkylation sites (tertiary alicyclic amines) is 1. The van der Waals surface area contributed by atoms with Crippen molar-refractivity contribution in [2.45, 2.75) is 12.8 Å². The molecule has 1 saturated heterocycles. The summed E-state index contributed by atoms with van der Waals surface area (Å²) < 4.78 is 10.6. The van der Waals surface area contributed by atoms with E-state index in [0.29, 0.717) is 48.3 Å². The number of halogens is 1. The van der Waals surface area contributed by atoms with E-state index in [-0.39, 0.29) is 24.5 Å². The Kier molecular flexibility index (Phi) is 5.11. The second-order valence-electron chi connectivity index (χ2n) is 5.86. The van der Waals surface area contributed by atoms with Crippen LogP contribution in [0.2, 0.25) is 5.02 Å². The second-order valence-corrected chi connectivity index (χ2v) is 6.27. The fraction of sp³-hybridized carbons (Fsp3) is 0.500. The molecule has 1 fully saturated rings. The molecule has 7 nitrogen and oxygen atoms in total. The van der Waals surface area contributed by atoms with Crippen molar-refractivity contribution in [3.63, 3.8) is 0 Å². The van der Waals surface area contributed by atoms with Crippen molar-refractivity contribution >= 4 is 23.4 Å². The normalized spacial score (nSPS) is 19.2. The van der Waals surface area contributed by atoms with Crippen molar-refractivity contribution < 1.29 is 19.1 Å². The summed E-state index contributed by atoms with van der Waals surface area (Å²) in [7, 11) is 0. The van der Waals surface area contributed by atoms with Gasteiger partial charge in [0.25, 0.3) is 5.91 Å².